The highest BCUT2D eigenvalue weighted by Gasteiger charge is 2.25. The van der Waals surface area contributed by atoms with Crippen LogP contribution in [-0.2, 0) is 0 Å². The summed E-state index contributed by atoms with van der Waals surface area (Å²) < 4.78 is 0. The van der Waals surface area contributed by atoms with Crippen LogP contribution in [0.2, 0.25) is 0 Å². The molecule has 21 heavy (non-hydrogen) atoms. The van der Waals surface area contributed by atoms with Crippen molar-refractivity contribution in [2.45, 2.75) is 46.1 Å². The summed E-state index contributed by atoms with van der Waals surface area (Å²) in [5, 5.41) is 6.37. The molecule has 0 aromatic heterocycles. The molecule has 1 saturated carbocycles. The van der Waals surface area contributed by atoms with Gasteiger partial charge in [-0.15, -0.1) is 0 Å². The van der Waals surface area contributed by atoms with Gasteiger partial charge in [0.15, 0.2) is 0 Å². The third-order valence-electron chi connectivity index (χ3n) is 4.43. The van der Waals surface area contributed by atoms with Crippen molar-refractivity contribution in [3.8, 4) is 0 Å². The lowest BCUT2D eigenvalue weighted by Crippen LogP contribution is -2.33. The number of rotatable bonds is 4. The van der Waals surface area contributed by atoms with E-state index >= 15 is 0 Å². The molecule has 116 valence electrons. The Kier molecular flexibility index (Phi) is 5.10. The highest BCUT2D eigenvalue weighted by molar-refractivity contribution is 5.96. The minimum Gasteiger partial charge on any atom is -0.397 e. The molecular weight excluding hydrogens is 262 g/mol. The van der Waals surface area contributed by atoms with Gasteiger partial charge in [-0.1, -0.05) is 13.8 Å². The van der Waals surface area contributed by atoms with Crippen LogP contribution < -0.4 is 16.4 Å². The van der Waals surface area contributed by atoms with E-state index in [0.717, 1.165) is 18.0 Å². The van der Waals surface area contributed by atoms with Gasteiger partial charge in [0.2, 0.25) is 0 Å². The average Bonchev–Trinajstić information content (AvgIpc) is 2.44. The zero-order valence-corrected chi connectivity index (χ0v) is 13.3. The number of nitrogens with one attached hydrogen (secondary N) is 2. The zero-order chi connectivity index (χ0) is 15.4. The number of hydrogen-bond donors (Lipinski definition) is 3. The van der Waals surface area contributed by atoms with Crippen LogP contribution >= 0.6 is 0 Å². The molecule has 0 saturated heterocycles. The van der Waals surface area contributed by atoms with Gasteiger partial charge in [0, 0.05) is 18.2 Å². The number of carbonyl (C=O) groups is 1. The predicted octanol–water partition coefficient (Wildman–Crippen LogP) is 3.26. The highest BCUT2D eigenvalue weighted by Crippen LogP contribution is 2.32. The molecule has 0 aliphatic heterocycles. The number of nitrogen functional groups attached to an aromatic ring is 1. The van der Waals surface area contributed by atoms with Crippen LogP contribution in [0.3, 0.4) is 0 Å². The van der Waals surface area contributed by atoms with Crippen molar-refractivity contribution in [2.24, 2.45) is 11.8 Å². The van der Waals surface area contributed by atoms with E-state index in [1.807, 2.05) is 19.1 Å². The summed E-state index contributed by atoms with van der Waals surface area (Å²) >= 11 is 0. The summed E-state index contributed by atoms with van der Waals surface area (Å²) in [6.07, 6.45) is 3.65. The first-order valence-corrected chi connectivity index (χ1v) is 7.95. The average molecular weight is 289 g/mol. The van der Waals surface area contributed by atoms with Gasteiger partial charge in [0.25, 0.3) is 5.91 Å². The fourth-order valence-electron chi connectivity index (χ4n) is 3.16. The topological polar surface area (TPSA) is 67.2 Å². The first-order chi connectivity index (χ1) is 10.0. The predicted molar refractivity (Wildman–Crippen MR) is 88.5 cm³/mol. The van der Waals surface area contributed by atoms with E-state index in [1.165, 1.54) is 12.8 Å². The second-order valence-electron chi connectivity index (χ2n) is 6.31. The van der Waals surface area contributed by atoms with Crippen LogP contribution in [0.5, 0.6) is 0 Å². The first kappa shape index (κ1) is 15.7. The lowest BCUT2D eigenvalue weighted by Gasteiger charge is -2.34. The van der Waals surface area contributed by atoms with Gasteiger partial charge in [-0.05, 0) is 56.2 Å². The Morgan fingerprint density at radius 2 is 2.10 bits per heavy atom. The maximum absolute atomic E-state index is 11.9. The molecule has 3 atom stereocenters. The molecule has 2 rings (SSSR count). The van der Waals surface area contributed by atoms with Gasteiger partial charge < -0.3 is 16.4 Å². The van der Waals surface area contributed by atoms with Gasteiger partial charge in [0.1, 0.15) is 0 Å². The SMILES string of the molecule is CCNC(=O)c1ccc(N)c(NC2CCC(C)CC2C)c1. The van der Waals surface area contributed by atoms with E-state index in [4.69, 9.17) is 5.73 Å². The molecule has 0 bridgehead atoms. The van der Waals surface area contributed by atoms with Crippen LogP contribution in [0.25, 0.3) is 0 Å². The van der Waals surface area contributed by atoms with Crippen LogP contribution in [-0.4, -0.2) is 18.5 Å². The van der Waals surface area contributed by atoms with Crippen molar-refractivity contribution in [3.05, 3.63) is 23.8 Å². The van der Waals surface area contributed by atoms with Crippen LogP contribution in [0.1, 0.15) is 50.4 Å². The van der Waals surface area contributed by atoms with Crippen molar-refractivity contribution < 1.29 is 4.79 Å². The van der Waals surface area contributed by atoms with E-state index in [0.29, 0.717) is 29.8 Å². The van der Waals surface area contributed by atoms with E-state index in [9.17, 15) is 4.79 Å². The zero-order valence-electron chi connectivity index (χ0n) is 13.3. The quantitative estimate of drug-likeness (QED) is 0.745. The highest BCUT2D eigenvalue weighted by atomic mass is 16.1. The van der Waals surface area contributed by atoms with Crippen molar-refractivity contribution in [1.29, 1.82) is 0 Å². The van der Waals surface area contributed by atoms with Crippen molar-refractivity contribution in [2.75, 3.05) is 17.6 Å². The molecule has 0 heterocycles. The van der Waals surface area contributed by atoms with E-state index in [-0.39, 0.29) is 5.91 Å². The van der Waals surface area contributed by atoms with Crippen LogP contribution in [0, 0.1) is 11.8 Å². The Hall–Kier alpha value is -1.71. The fourth-order valence-corrected chi connectivity index (χ4v) is 3.16. The minimum atomic E-state index is -0.0501. The summed E-state index contributed by atoms with van der Waals surface area (Å²) in [4.78, 5) is 11.9. The lowest BCUT2D eigenvalue weighted by atomic mass is 9.80. The number of benzene rings is 1. The van der Waals surface area contributed by atoms with E-state index in [2.05, 4.69) is 24.5 Å². The molecule has 1 amide bonds. The molecule has 1 aromatic carbocycles. The Morgan fingerprint density at radius 1 is 1.33 bits per heavy atom. The van der Waals surface area contributed by atoms with Crippen LogP contribution in [0.15, 0.2) is 18.2 Å². The third kappa shape index (κ3) is 3.90. The molecule has 4 nitrogen and oxygen atoms in total. The lowest BCUT2D eigenvalue weighted by molar-refractivity contribution is 0.0956. The third-order valence-corrected chi connectivity index (χ3v) is 4.43. The Balaban J connectivity index is 2.12. The molecule has 1 fully saturated rings. The second kappa shape index (κ2) is 6.83. The van der Waals surface area contributed by atoms with E-state index in [1.54, 1.807) is 6.07 Å². The molecule has 1 aliphatic carbocycles. The van der Waals surface area contributed by atoms with Crippen molar-refractivity contribution in [3.63, 3.8) is 0 Å². The van der Waals surface area contributed by atoms with Gasteiger partial charge in [-0.3, -0.25) is 4.79 Å². The summed E-state index contributed by atoms with van der Waals surface area (Å²) in [5.74, 6) is 1.38. The first-order valence-electron chi connectivity index (χ1n) is 7.95. The second-order valence-corrected chi connectivity index (χ2v) is 6.31. The van der Waals surface area contributed by atoms with Crippen LogP contribution in [0.4, 0.5) is 11.4 Å². The molecule has 1 aliphatic rings. The Morgan fingerprint density at radius 3 is 2.76 bits per heavy atom. The summed E-state index contributed by atoms with van der Waals surface area (Å²) in [7, 11) is 0. The molecule has 0 spiro atoms. The van der Waals surface area contributed by atoms with E-state index < -0.39 is 0 Å². The number of anilines is 2. The molecule has 4 N–H and O–H groups in total. The smallest absolute Gasteiger partial charge is 0.251 e. The normalized spacial score (nSPS) is 25.4. The Bertz CT molecular complexity index is 501. The maximum atomic E-state index is 11.9. The number of amides is 1. The van der Waals surface area contributed by atoms with Crippen molar-refractivity contribution >= 4 is 17.3 Å². The number of nitrogens with two attached hydrogens (primary N) is 1. The van der Waals surface area contributed by atoms with Gasteiger partial charge in [0.05, 0.1) is 11.4 Å². The summed E-state index contributed by atoms with van der Waals surface area (Å²) in [5.41, 5.74) is 8.30. The Labute approximate surface area is 127 Å². The fraction of sp³-hybridized carbons (Fsp3) is 0.588. The summed E-state index contributed by atoms with van der Waals surface area (Å²) in [6.45, 7) is 7.15. The maximum Gasteiger partial charge on any atom is 0.251 e. The summed E-state index contributed by atoms with van der Waals surface area (Å²) in [6, 6.07) is 5.89. The molecule has 3 unspecified atom stereocenters. The number of hydrogen-bond acceptors (Lipinski definition) is 3. The van der Waals surface area contributed by atoms with Gasteiger partial charge in [-0.25, -0.2) is 0 Å². The largest absolute Gasteiger partial charge is 0.397 e. The molecule has 0 radical (unpaired) electrons. The standard InChI is InChI=1S/C17H27N3O/c1-4-19-17(21)13-6-7-14(18)16(10-13)20-15-8-5-11(2)9-12(15)3/h6-7,10-12,15,20H,4-5,8-9,18H2,1-3H3,(H,19,21). The minimum absolute atomic E-state index is 0.0501. The molecule has 1 aromatic rings. The monoisotopic (exact) mass is 289 g/mol. The number of carbonyl (C=O) groups excluding carboxylic acids is 1. The van der Waals surface area contributed by atoms with Gasteiger partial charge in [-0.2, -0.15) is 0 Å². The van der Waals surface area contributed by atoms with Crippen molar-refractivity contribution in [1.82, 2.24) is 5.32 Å². The van der Waals surface area contributed by atoms with Gasteiger partial charge >= 0.3 is 0 Å². The molecular formula is C17H27N3O. The molecule has 4 heteroatoms.